The topological polar surface area (TPSA) is 58.4 Å². The Morgan fingerprint density at radius 3 is 2.35 bits per heavy atom. The molecular formula is C16H27N3O. The van der Waals surface area contributed by atoms with Crippen molar-refractivity contribution in [2.45, 2.75) is 32.7 Å². The number of amides is 1. The van der Waals surface area contributed by atoms with Crippen molar-refractivity contribution in [1.82, 2.24) is 10.2 Å². The number of nitrogens with one attached hydrogen (secondary N) is 1. The molecule has 1 atom stereocenters. The molecule has 1 unspecified atom stereocenters. The maximum atomic E-state index is 12.2. The van der Waals surface area contributed by atoms with Gasteiger partial charge in [0.25, 0.3) is 5.91 Å². The van der Waals surface area contributed by atoms with Crippen LogP contribution in [0.1, 0.15) is 37.0 Å². The first kappa shape index (κ1) is 16.5. The van der Waals surface area contributed by atoms with Crippen molar-refractivity contribution in [3.8, 4) is 0 Å². The van der Waals surface area contributed by atoms with Gasteiger partial charge >= 0.3 is 0 Å². The lowest BCUT2D eigenvalue weighted by molar-refractivity contribution is 0.0929. The normalized spacial score (nSPS) is 12.7. The van der Waals surface area contributed by atoms with Gasteiger partial charge in [0.2, 0.25) is 0 Å². The molecule has 0 aromatic heterocycles. The van der Waals surface area contributed by atoms with Gasteiger partial charge in [-0.15, -0.1) is 0 Å². The summed E-state index contributed by atoms with van der Waals surface area (Å²) in [7, 11) is 4.12. The summed E-state index contributed by atoms with van der Waals surface area (Å²) in [6.07, 6.45) is 2.23. The molecule has 3 N–H and O–H groups in total. The zero-order valence-electron chi connectivity index (χ0n) is 13.0. The third-order valence-corrected chi connectivity index (χ3v) is 3.93. The molecule has 4 nitrogen and oxygen atoms in total. The smallest absolute Gasteiger partial charge is 0.253 e. The predicted molar refractivity (Wildman–Crippen MR) is 84.7 cm³/mol. The molecule has 1 amide bonds. The highest BCUT2D eigenvalue weighted by atomic mass is 16.1. The second-order valence-electron chi connectivity index (χ2n) is 5.40. The number of benzene rings is 1. The van der Waals surface area contributed by atoms with Crippen molar-refractivity contribution in [3.05, 3.63) is 29.8 Å². The number of carbonyl (C=O) groups is 1. The second kappa shape index (κ2) is 7.90. The average Bonchev–Trinajstić information content (AvgIpc) is 2.43. The van der Waals surface area contributed by atoms with Crippen LogP contribution in [0.4, 0.5) is 5.69 Å². The van der Waals surface area contributed by atoms with Gasteiger partial charge in [0, 0.05) is 18.3 Å². The molecule has 0 fully saturated rings. The predicted octanol–water partition coefficient (Wildman–Crippen LogP) is 2.37. The fraction of sp³-hybridized carbons (Fsp3) is 0.562. The summed E-state index contributed by atoms with van der Waals surface area (Å²) in [5.41, 5.74) is 6.90. The van der Waals surface area contributed by atoms with E-state index in [0.29, 0.717) is 29.8 Å². The van der Waals surface area contributed by atoms with Crippen LogP contribution < -0.4 is 11.1 Å². The number of nitrogen functional groups attached to an aromatic ring is 1. The van der Waals surface area contributed by atoms with Gasteiger partial charge in [-0.25, -0.2) is 0 Å². The number of carbonyl (C=O) groups excluding carboxylic acids is 1. The van der Waals surface area contributed by atoms with Crippen molar-refractivity contribution in [3.63, 3.8) is 0 Å². The molecule has 0 bridgehead atoms. The van der Waals surface area contributed by atoms with Gasteiger partial charge in [0.05, 0.1) is 5.56 Å². The van der Waals surface area contributed by atoms with E-state index in [1.165, 1.54) is 0 Å². The highest BCUT2D eigenvalue weighted by molar-refractivity contribution is 5.99. The third kappa shape index (κ3) is 4.23. The number of nitrogens with zero attached hydrogens (tertiary/aromatic N) is 1. The van der Waals surface area contributed by atoms with E-state index in [2.05, 4.69) is 38.2 Å². The van der Waals surface area contributed by atoms with Crippen molar-refractivity contribution in [2.24, 2.45) is 5.92 Å². The minimum atomic E-state index is -0.0964. The molecule has 112 valence electrons. The van der Waals surface area contributed by atoms with E-state index >= 15 is 0 Å². The molecule has 0 heterocycles. The van der Waals surface area contributed by atoms with Crippen LogP contribution in [-0.4, -0.2) is 37.5 Å². The van der Waals surface area contributed by atoms with Crippen LogP contribution in [-0.2, 0) is 0 Å². The van der Waals surface area contributed by atoms with E-state index in [0.717, 1.165) is 12.8 Å². The fourth-order valence-corrected chi connectivity index (χ4v) is 2.60. The Labute approximate surface area is 122 Å². The van der Waals surface area contributed by atoms with Gasteiger partial charge in [-0.1, -0.05) is 38.8 Å². The van der Waals surface area contributed by atoms with E-state index in [-0.39, 0.29) is 5.91 Å². The van der Waals surface area contributed by atoms with Gasteiger partial charge in [-0.05, 0) is 32.1 Å². The number of hydrogen-bond donors (Lipinski definition) is 2. The van der Waals surface area contributed by atoms with Crippen LogP contribution in [0.2, 0.25) is 0 Å². The molecule has 20 heavy (non-hydrogen) atoms. The second-order valence-corrected chi connectivity index (χ2v) is 5.40. The molecule has 0 radical (unpaired) electrons. The average molecular weight is 277 g/mol. The molecule has 1 rings (SSSR count). The summed E-state index contributed by atoms with van der Waals surface area (Å²) < 4.78 is 0. The Morgan fingerprint density at radius 2 is 1.85 bits per heavy atom. The minimum absolute atomic E-state index is 0.0964. The van der Waals surface area contributed by atoms with E-state index < -0.39 is 0 Å². The number of likely N-dealkylation sites (N-methyl/N-ethyl adjacent to an activating group) is 1. The van der Waals surface area contributed by atoms with Crippen LogP contribution in [0.3, 0.4) is 0 Å². The molecule has 0 spiro atoms. The first-order valence-corrected chi connectivity index (χ1v) is 7.30. The first-order chi connectivity index (χ1) is 9.51. The highest BCUT2D eigenvalue weighted by Crippen LogP contribution is 2.17. The summed E-state index contributed by atoms with van der Waals surface area (Å²) in [5.74, 6) is 0.485. The van der Waals surface area contributed by atoms with Gasteiger partial charge in [0.1, 0.15) is 0 Å². The lowest BCUT2D eigenvalue weighted by Gasteiger charge is -2.31. The molecule has 0 saturated heterocycles. The summed E-state index contributed by atoms with van der Waals surface area (Å²) >= 11 is 0. The van der Waals surface area contributed by atoms with Crippen molar-refractivity contribution < 1.29 is 4.79 Å². The molecule has 0 aliphatic heterocycles. The van der Waals surface area contributed by atoms with Crippen LogP contribution >= 0.6 is 0 Å². The molecule has 4 heteroatoms. The maximum Gasteiger partial charge on any atom is 0.253 e. The van der Waals surface area contributed by atoms with E-state index in [1.807, 2.05) is 12.1 Å². The number of para-hydroxylation sites is 1. The lowest BCUT2D eigenvalue weighted by Crippen LogP contribution is -2.44. The van der Waals surface area contributed by atoms with Gasteiger partial charge in [-0.3, -0.25) is 4.79 Å². The fourth-order valence-electron chi connectivity index (χ4n) is 2.60. The lowest BCUT2D eigenvalue weighted by atomic mass is 9.93. The largest absolute Gasteiger partial charge is 0.398 e. The van der Waals surface area contributed by atoms with Crippen molar-refractivity contribution >= 4 is 11.6 Å². The SMILES string of the molecule is CCC(CC)C(CNC(=O)c1ccccc1N)N(C)C. The Bertz CT molecular complexity index is 427. The van der Waals surface area contributed by atoms with E-state index in [9.17, 15) is 4.79 Å². The quantitative estimate of drug-likeness (QED) is 0.752. The molecule has 1 aromatic rings. The van der Waals surface area contributed by atoms with Crippen LogP contribution in [0.5, 0.6) is 0 Å². The number of hydrogen-bond acceptors (Lipinski definition) is 3. The zero-order valence-corrected chi connectivity index (χ0v) is 13.0. The van der Waals surface area contributed by atoms with Crippen molar-refractivity contribution in [1.29, 1.82) is 0 Å². The summed E-state index contributed by atoms with van der Waals surface area (Å²) in [6, 6.07) is 7.51. The minimum Gasteiger partial charge on any atom is -0.398 e. The van der Waals surface area contributed by atoms with Crippen LogP contribution in [0.25, 0.3) is 0 Å². The number of rotatable bonds is 7. The Kier molecular flexibility index (Phi) is 6.52. The highest BCUT2D eigenvalue weighted by Gasteiger charge is 2.21. The number of anilines is 1. The Hall–Kier alpha value is -1.55. The summed E-state index contributed by atoms with van der Waals surface area (Å²) in [5, 5.41) is 3.01. The maximum absolute atomic E-state index is 12.2. The Morgan fingerprint density at radius 1 is 1.25 bits per heavy atom. The monoisotopic (exact) mass is 277 g/mol. The van der Waals surface area contributed by atoms with Crippen LogP contribution in [0, 0.1) is 5.92 Å². The summed E-state index contributed by atoms with van der Waals surface area (Å²) in [4.78, 5) is 14.4. The van der Waals surface area contributed by atoms with E-state index in [4.69, 9.17) is 5.73 Å². The molecule has 0 saturated carbocycles. The standard InChI is InChI=1S/C16H27N3O/c1-5-12(6-2)15(19(3)4)11-18-16(20)13-9-7-8-10-14(13)17/h7-10,12,15H,5-6,11,17H2,1-4H3,(H,18,20). The zero-order chi connectivity index (χ0) is 15.1. The number of nitrogens with two attached hydrogens (primary N) is 1. The van der Waals surface area contributed by atoms with Gasteiger partial charge < -0.3 is 16.0 Å². The van der Waals surface area contributed by atoms with Gasteiger partial charge in [0.15, 0.2) is 0 Å². The van der Waals surface area contributed by atoms with Crippen LogP contribution in [0.15, 0.2) is 24.3 Å². The molecule has 0 aliphatic carbocycles. The third-order valence-electron chi connectivity index (χ3n) is 3.93. The first-order valence-electron chi connectivity index (χ1n) is 7.30. The molecular weight excluding hydrogens is 250 g/mol. The van der Waals surface area contributed by atoms with E-state index in [1.54, 1.807) is 12.1 Å². The Balaban J connectivity index is 2.68. The molecule has 0 aliphatic rings. The molecule has 1 aromatic carbocycles. The van der Waals surface area contributed by atoms with Gasteiger partial charge in [-0.2, -0.15) is 0 Å². The van der Waals surface area contributed by atoms with Crippen molar-refractivity contribution in [2.75, 3.05) is 26.4 Å². The summed E-state index contributed by atoms with van der Waals surface area (Å²) in [6.45, 7) is 5.04.